The molecular weight excluding hydrogens is 240 g/mol. The van der Waals surface area contributed by atoms with Crippen LogP contribution >= 0.6 is 0 Å². The van der Waals surface area contributed by atoms with E-state index in [2.05, 4.69) is 31.3 Å². The van der Waals surface area contributed by atoms with E-state index < -0.39 is 0 Å². The molecule has 0 heterocycles. The van der Waals surface area contributed by atoms with Gasteiger partial charge in [-0.25, -0.2) is 0 Å². The minimum atomic E-state index is -0.341. The van der Waals surface area contributed by atoms with Crippen LogP contribution in [-0.4, -0.2) is 19.1 Å². The summed E-state index contributed by atoms with van der Waals surface area (Å²) in [5.41, 5.74) is 7.40. The van der Waals surface area contributed by atoms with Gasteiger partial charge in [0.1, 0.15) is 5.75 Å². The number of hydrogen-bond donors (Lipinski definition) is 2. The highest BCUT2D eigenvalue weighted by molar-refractivity contribution is 5.73. The van der Waals surface area contributed by atoms with Gasteiger partial charge >= 0.3 is 0 Å². The minimum absolute atomic E-state index is 0.246. The number of amides is 1. The van der Waals surface area contributed by atoms with Crippen molar-refractivity contribution in [1.82, 2.24) is 5.32 Å². The molecule has 4 nitrogen and oxygen atoms in total. The van der Waals surface area contributed by atoms with E-state index in [0.29, 0.717) is 12.6 Å². The Balaban J connectivity index is 2.60. The van der Waals surface area contributed by atoms with Gasteiger partial charge in [0, 0.05) is 6.04 Å². The first kappa shape index (κ1) is 15.5. The molecule has 1 unspecified atom stereocenters. The fraction of sp³-hybridized carbons (Fsp3) is 0.533. The number of primary amides is 1. The Kier molecular flexibility index (Phi) is 6.36. The maximum absolute atomic E-state index is 10.7. The number of hydrogen-bond acceptors (Lipinski definition) is 3. The molecule has 0 radical (unpaired) electrons. The lowest BCUT2D eigenvalue weighted by molar-refractivity contribution is -0.118. The number of carbonyl (C=O) groups excluding carboxylic acids is 1. The first-order chi connectivity index (χ1) is 9.04. The number of rotatable bonds is 8. The SMILES string of the molecule is CCCNC(C)c1ccc(OCCC(N)=O)c(C)c1. The first-order valence-electron chi connectivity index (χ1n) is 6.79. The minimum Gasteiger partial charge on any atom is -0.493 e. The lowest BCUT2D eigenvalue weighted by Crippen LogP contribution is -2.19. The molecule has 3 N–H and O–H groups in total. The summed E-state index contributed by atoms with van der Waals surface area (Å²) in [7, 11) is 0. The van der Waals surface area contributed by atoms with Crippen molar-refractivity contribution in [2.45, 2.75) is 39.7 Å². The molecule has 4 heteroatoms. The third kappa shape index (κ3) is 5.30. The maximum atomic E-state index is 10.7. The standard InChI is InChI=1S/C15H24N2O2/c1-4-8-17-12(3)13-5-6-14(11(2)10-13)19-9-7-15(16)18/h5-6,10,12,17H,4,7-9H2,1-3H3,(H2,16,18). The Labute approximate surface area is 115 Å². The van der Waals surface area contributed by atoms with Crippen molar-refractivity contribution in [2.75, 3.05) is 13.2 Å². The van der Waals surface area contributed by atoms with Crippen molar-refractivity contribution in [2.24, 2.45) is 5.73 Å². The fourth-order valence-electron chi connectivity index (χ4n) is 1.84. The summed E-state index contributed by atoms with van der Waals surface area (Å²) >= 11 is 0. The van der Waals surface area contributed by atoms with E-state index in [9.17, 15) is 4.79 Å². The van der Waals surface area contributed by atoms with Crippen molar-refractivity contribution in [3.63, 3.8) is 0 Å². The van der Waals surface area contributed by atoms with Gasteiger partial charge in [-0.3, -0.25) is 4.79 Å². The van der Waals surface area contributed by atoms with E-state index in [4.69, 9.17) is 10.5 Å². The molecular formula is C15H24N2O2. The number of nitrogens with two attached hydrogens (primary N) is 1. The van der Waals surface area contributed by atoms with Crippen molar-refractivity contribution < 1.29 is 9.53 Å². The zero-order valence-corrected chi connectivity index (χ0v) is 12.0. The normalized spacial score (nSPS) is 12.2. The van der Waals surface area contributed by atoms with Crippen molar-refractivity contribution in [3.8, 4) is 5.75 Å². The summed E-state index contributed by atoms with van der Waals surface area (Å²) in [4.78, 5) is 10.7. The zero-order valence-electron chi connectivity index (χ0n) is 12.0. The second-order valence-corrected chi connectivity index (χ2v) is 4.77. The molecule has 1 aromatic carbocycles. The second-order valence-electron chi connectivity index (χ2n) is 4.77. The van der Waals surface area contributed by atoms with Gasteiger partial charge in [0.2, 0.25) is 5.91 Å². The molecule has 0 aliphatic heterocycles. The van der Waals surface area contributed by atoms with Gasteiger partial charge in [-0.05, 0) is 44.0 Å². The van der Waals surface area contributed by atoms with Gasteiger partial charge in [-0.2, -0.15) is 0 Å². The average molecular weight is 264 g/mol. The molecule has 0 aliphatic rings. The molecule has 1 aromatic rings. The van der Waals surface area contributed by atoms with Gasteiger partial charge in [-0.15, -0.1) is 0 Å². The molecule has 0 saturated carbocycles. The van der Waals surface area contributed by atoms with Crippen LogP contribution in [0.1, 0.15) is 43.9 Å². The van der Waals surface area contributed by atoms with Gasteiger partial charge < -0.3 is 15.8 Å². The molecule has 1 rings (SSSR count). The van der Waals surface area contributed by atoms with E-state index in [-0.39, 0.29) is 12.3 Å². The highest BCUT2D eigenvalue weighted by atomic mass is 16.5. The van der Waals surface area contributed by atoms with Crippen molar-refractivity contribution in [3.05, 3.63) is 29.3 Å². The Bertz CT molecular complexity index is 419. The van der Waals surface area contributed by atoms with E-state index in [1.54, 1.807) is 0 Å². The van der Waals surface area contributed by atoms with Crippen LogP contribution < -0.4 is 15.8 Å². The van der Waals surface area contributed by atoms with Gasteiger partial charge in [0.15, 0.2) is 0 Å². The van der Waals surface area contributed by atoms with E-state index in [1.165, 1.54) is 5.56 Å². The lowest BCUT2D eigenvalue weighted by atomic mass is 10.0. The summed E-state index contributed by atoms with van der Waals surface area (Å²) < 4.78 is 5.54. The summed E-state index contributed by atoms with van der Waals surface area (Å²) in [6, 6.07) is 6.46. The second kappa shape index (κ2) is 7.79. The Morgan fingerprint density at radius 2 is 2.21 bits per heavy atom. The van der Waals surface area contributed by atoms with Crippen LogP contribution in [0.3, 0.4) is 0 Å². The maximum Gasteiger partial charge on any atom is 0.220 e. The molecule has 0 aromatic heterocycles. The van der Waals surface area contributed by atoms with Crippen LogP contribution in [0.4, 0.5) is 0 Å². The molecule has 0 bridgehead atoms. The summed E-state index contributed by atoms with van der Waals surface area (Å²) in [5.74, 6) is 0.472. The number of carbonyl (C=O) groups is 1. The third-order valence-corrected chi connectivity index (χ3v) is 3.01. The predicted molar refractivity (Wildman–Crippen MR) is 77.2 cm³/mol. The van der Waals surface area contributed by atoms with Crippen LogP contribution in [-0.2, 0) is 4.79 Å². The number of aryl methyl sites for hydroxylation is 1. The molecule has 0 spiro atoms. The lowest BCUT2D eigenvalue weighted by Gasteiger charge is -2.16. The fourth-order valence-corrected chi connectivity index (χ4v) is 1.84. The smallest absolute Gasteiger partial charge is 0.220 e. The molecule has 106 valence electrons. The van der Waals surface area contributed by atoms with Gasteiger partial charge in [0.25, 0.3) is 0 Å². The van der Waals surface area contributed by atoms with Crippen LogP contribution in [0.5, 0.6) is 5.75 Å². The van der Waals surface area contributed by atoms with Crippen LogP contribution in [0.2, 0.25) is 0 Å². The number of benzene rings is 1. The molecule has 0 aliphatic carbocycles. The molecule has 0 fully saturated rings. The number of nitrogens with one attached hydrogen (secondary N) is 1. The monoisotopic (exact) mass is 264 g/mol. The summed E-state index contributed by atoms with van der Waals surface area (Å²) in [6.07, 6.45) is 1.37. The van der Waals surface area contributed by atoms with E-state index in [1.807, 2.05) is 13.0 Å². The summed E-state index contributed by atoms with van der Waals surface area (Å²) in [5, 5.41) is 3.45. The predicted octanol–water partition coefficient (Wildman–Crippen LogP) is 2.31. The molecule has 19 heavy (non-hydrogen) atoms. The summed E-state index contributed by atoms with van der Waals surface area (Å²) in [6.45, 7) is 7.66. The van der Waals surface area contributed by atoms with Gasteiger partial charge in [0.05, 0.1) is 13.0 Å². The van der Waals surface area contributed by atoms with E-state index >= 15 is 0 Å². The third-order valence-electron chi connectivity index (χ3n) is 3.01. The van der Waals surface area contributed by atoms with Crippen molar-refractivity contribution >= 4 is 5.91 Å². The highest BCUT2D eigenvalue weighted by Crippen LogP contribution is 2.22. The highest BCUT2D eigenvalue weighted by Gasteiger charge is 2.07. The van der Waals surface area contributed by atoms with Crippen LogP contribution in [0, 0.1) is 6.92 Å². The Morgan fingerprint density at radius 1 is 1.47 bits per heavy atom. The number of ether oxygens (including phenoxy) is 1. The molecule has 1 atom stereocenters. The zero-order chi connectivity index (χ0) is 14.3. The first-order valence-corrected chi connectivity index (χ1v) is 6.79. The molecule has 1 amide bonds. The average Bonchev–Trinajstić information content (AvgIpc) is 2.37. The molecule has 0 saturated heterocycles. The van der Waals surface area contributed by atoms with E-state index in [0.717, 1.165) is 24.3 Å². The van der Waals surface area contributed by atoms with Crippen LogP contribution in [0.15, 0.2) is 18.2 Å². The van der Waals surface area contributed by atoms with Crippen molar-refractivity contribution in [1.29, 1.82) is 0 Å². The topological polar surface area (TPSA) is 64.3 Å². The quantitative estimate of drug-likeness (QED) is 0.757. The van der Waals surface area contributed by atoms with Crippen LogP contribution in [0.25, 0.3) is 0 Å². The van der Waals surface area contributed by atoms with Gasteiger partial charge in [-0.1, -0.05) is 19.1 Å². The Hall–Kier alpha value is -1.55. The largest absolute Gasteiger partial charge is 0.493 e. The Morgan fingerprint density at radius 3 is 2.79 bits per heavy atom.